The Morgan fingerprint density at radius 3 is 2.37 bits per heavy atom. The largest absolute Gasteiger partial charge is 0.476 e. The maximum absolute atomic E-state index is 13.2. The monoisotopic (exact) mass is 419 g/mol. The van der Waals surface area contributed by atoms with E-state index in [1.807, 2.05) is 4.90 Å². The Morgan fingerprint density at radius 2 is 1.70 bits per heavy atom. The van der Waals surface area contributed by atoms with E-state index in [0.717, 1.165) is 6.07 Å². The molecule has 0 bridgehead atoms. The predicted octanol–water partition coefficient (Wildman–Crippen LogP) is 2.41. The molecule has 3 heterocycles. The van der Waals surface area contributed by atoms with Gasteiger partial charge in [0, 0.05) is 26.2 Å². The van der Waals surface area contributed by atoms with Crippen LogP contribution in [0, 0.1) is 0 Å². The van der Waals surface area contributed by atoms with Gasteiger partial charge in [-0.1, -0.05) is 12.1 Å². The summed E-state index contributed by atoms with van der Waals surface area (Å²) in [6.07, 6.45) is -3.30. The molecule has 156 valence electrons. The minimum atomic E-state index is -4.60. The molecule has 1 aromatic carbocycles. The van der Waals surface area contributed by atoms with Gasteiger partial charge in [-0.05, 0) is 24.3 Å². The number of carbonyl (C=O) groups is 2. The van der Waals surface area contributed by atoms with Crippen LogP contribution in [0.4, 0.5) is 19.0 Å². The molecule has 1 fully saturated rings. The molecule has 0 unspecified atom stereocenters. The standard InChI is InChI=1S/C19H16F3N5O3/c20-19(21,22)13-4-2-1-3-12(13)17(28)26-9-7-25(8-10-26)16-6-5-15-23-14(18(29)30)11-27(15)24-16/h1-6,11H,7-10H2,(H,29,30). The maximum atomic E-state index is 13.2. The number of hydrogen-bond acceptors (Lipinski definition) is 5. The van der Waals surface area contributed by atoms with Crippen LogP contribution < -0.4 is 4.90 Å². The van der Waals surface area contributed by atoms with Gasteiger partial charge in [0.1, 0.15) is 5.82 Å². The van der Waals surface area contributed by atoms with Crippen LogP contribution in [0.5, 0.6) is 0 Å². The summed E-state index contributed by atoms with van der Waals surface area (Å²) in [6.45, 7) is 1.21. The predicted molar refractivity (Wildman–Crippen MR) is 99.5 cm³/mol. The van der Waals surface area contributed by atoms with Crippen molar-refractivity contribution in [1.82, 2.24) is 19.5 Å². The van der Waals surface area contributed by atoms with E-state index in [0.29, 0.717) is 24.6 Å². The molecule has 3 aromatic rings. The summed E-state index contributed by atoms with van der Waals surface area (Å²) >= 11 is 0. The summed E-state index contributed by atoms with van der Waals surface area (Å²) in [5.41, 5.74) is -1.05. The molecular formula is C19H16F3N5O3. The van der Waals surface area contributed by atoms with Crippen LogP contribution in [0.25, 0.3) is 5.65 Å². The maximum Gasteiger partial charge on any atom is 0.417 e. The third-order valence-corrected chi connectivity index (χ3v) is 4.88. The number of fused-ring (bicyclic) bond motifs is 1. The number of rotatable bonds is 3. The van der Waals surface area contributed by atoms with Crippen LogP contribution in [0.1, 0.15) is 26.4 Å². The molecule has 0 atom stereocenters. The zero-order valence-corrected chi connectivity index (χ0v) is 15.5. The second-order valence-corrected chi connectivity index (χ2v) is 6.75. The van der Waals surface area contributed by atoms with Gasteiger partial charge in [0.15, 0.2) is 11.3 Å². The molecule has 0 spiro atoms. The number of nitrogens with zero attached hydrogens (tertiary/aromatic N) is 5. The Kier molecular flexibility index (Phi) is 4.80. The first-order valence-electron chi connectivity index (χ1n) is 9.04. The summed E-state index contributed by atoms with van der Waals surface area (Å²) in [6, 6.07) is 8.07. The van der Waals surface area contributed by atoms with E-state index in [2.05, 4.69) is 10.1 Å². The number of alkyl halides is 3. The minimum absolute atomic E-state index is 0.126. The number of benzene rings is 1. The number of aromatic nitrogens is 3. The number of carboxylic acids is 1. The summed E-state index contributed by atoms with van der Waals surface area (Å²) in [5.74, 6) is -1.26. The number of halogens is 3. The fourth-order valence-electron chi connectivity index (χ4n) is 3.37. The molecule has 8 nitrogen and oxygen atoms in total. The van der Waals surface area contributed by atoms with Crippen molar-refractivity contribution in [3.63, 3.8) is 0 Å². The molecule has 1 aliphatic rings. The third kappa shape index (κ3) is 3.65. The molecule has 0 aliphatic carbocycles. The number of anilines is 1. The molecule has 0 radical (unpaired) electrons. The van der Waals surface area contributed by atoms with Crippen LogP contribution in [-0.4, -0.2) is 62.7 Å². The highest BCUT2D eigenvalue weighted by Gasteiger charge is 2.36. The zero-order chi connectivity index (χ0) is 21.5. The lowest BCUT2D eigenvalue weighted by Crippen LogP contribution is -2.49. The van der Waals surface area contributed by atoms with Gasteiger partial charge in [-0.3, -0.25) is 4.79 Å². The average Bonchev–Trinajstić information content (AvgIpc) is 3.16. The van der Waals surface area contributed by atoms with Crippen molar-refractivity contribution in [2.45, 2.75) is 6.18 Å². The van der Waals surface area contributed by atoms with Crippen LogP contribution in [-0.2, 0) is 6.18 Å². The Balaban J connectivity index is 1.48. The fourth-order valence-corrected chi connectivity index (χ4v) is 3.37. The van der Waals surface area contributed by atoms with Crippen molar-refractivity contribution >= 4 is 23.3 Å². The lowest BCUT2D eigenvalue weighted by molar-refractivity contribution is -0.138. The summed E-state index contributed by atoms with van der Waals surface area (Å²) in [5, 5.41) is 13.4. The topological polar surface area (TPSA) is 91.0 Å². The lowest BCUT2D eigenvalue weighted by atomic mass is 10.1. The van der Waals surface area contributed by atoms with Crippen LogP contribution in [0.2, 0.25) is 0 Å². The van der Waals surface area contributed by atoms with Gasteiger partial charge in [-0.15, -0.1) is 5.10 Å². The van der Waals surface area contributed by atoms with Crippen molar-refractivity contribution in [2.75, 3.05) is 31.1 Å². The van der Waals surface area contributed by atoms with E-state index >= 15 is 0 Å². The molecule has 1 aliphatic heterocycles. The highest BCUT2D eigenvalue weighted by atomic mass is 19.4. The number of carboxylic acid groups (broad SMARTS) is 1. The van der Waals surface area contributed by atoms with Gasteiger partial charge in [-0.25, -0.2) is 14.3 Å². The number of aromatic carboxylic acids is 1. The number of piperazine rings is 1. The minimum Gasteiger partial charge on any atom is -0.476 e. The van der Waals surface area contributed by atoms with Gasteiger partial charge < -0.3 is 14.9 Å². The quantitative estimate of drug-likeness (QED) is 0.701. The highest BCUT2D eigenvalue weighted by Crippen LogP contribution is 2.32. The fraction of sp³-hybridized carbons (Fsp3) is 0.263. The number of imidazole rings is 1. The third-order valence-electron chi connectivity index (χ3n) is 4.88. The van der Waals surface area contributed by atoms with Crippen molar-refractivity contribution in [1.29, 1.82) is 0 Å². The molecule has 0 saturated carbocycles. The Labute approximate surface area is 168 Å². The molecule has 1 saturated heterocycles. The Bertz CT molecular complexity index is 1120. The van der Waals surface area contributed by atoms with Crippen LogP contribution in [0.15, 0.2) is 42.6 Å². The normalized spacial score (nSPS) is 14.9. The van der Waals surface area contributed by atoms with Crippen LogP contribution in [0.3, 0.4) is 0 Å². The lowest BCUT2D eigenvalue weighted by Gasteiger charge is -2.35. The first kappa shape index (κ1) is 19.7. The number of hydrogen-bond donors (Lipinski definition) is 1. The van der Waals surface area contributed by atoms with Crippen molar-refractivity contribution < 1.29 is 27.9 Å². The second kappa shape index (κ2) is 7.32. The molecule has 1 N–H and O–H groups in total. The number of carbonyl (C=O) groups excluding carboxylic acids is 1. The van der Waals surface area contributed by atoms with Gasteiger partial charge in [-0.2, -0.15) is 13.2 Å². The van der Waals surface area contributed by atoms with Gasteiger partial charge in [0.2, 0.25) is 0 Å². The SMILES string of the molecule is O=C(O)c1cn2nc(N3CCN(C(=O)c4ccccc4C(F)(F)F)CC3)ccc2n1. The van der Waals surface area contributed by atoms with E-state index < -0.39 is 23.6 Å². The Hall–Kier alpha value is -3.63. The molecule has 11 heteroatoms. The van der Waals surface area contributed by atoms with Crippen molar-refractivity contribution in [3.8, 4) is 0 Å². The second-order valence-electron chi connectivity index (χ2n) is 6.75. The number of amides is 1. The van der Waals surface area contributed by atoms with Gasteiger partial charge in [0.25, 0.3) is 5.91 Å². The molecule has 2 aromatic heterocycles. The summed E-state index contributed by atoms with van der Waals surface area (Å²) in [4.78, 5) is 30.9. The van der Waals surface area contributed by atoms with E-state index in [9.17, 15) is 22.8 Å². The Morgan fingerprint density at radius 1 is 1.00 bits per heavy atom. The van der Waals surface area contributed by atoms with E-state index in [-0.39, 0.29) is 24.3 Å². The van der Waals surface area contributed by atoms with E-state index in [4.69, 9.17) is 5.11 Å². The van der Waals surface area contributed by atoms with Gasteiger partial charge in [0.05, 0.1) is 17.3 Å². The van der Waals surface area contributed by atoms with Crippen molar-refractivity contribution in [2.24, 2.45) is 0 Å². The summed E-state index contributed by atoms with van der Waals surface area (Å²) in [7, 11) is 0. The molecule has 30 heavy (non-hydrogen) atoms. The smallest absolute Gasteiger partial charge is 0.417 e. The molecule has 1 amide bonds. The first-order chi connectivity index (χ1) is 14.2. The van der Waals surface area contributed by atoms with Crippen LogP contribution >= 0.6 is 0 Å². The summed E-state index contributed by atoms with van der Waals surface area (Å²) < 4.78 is 41.0. The highest BCUT2D eigenvalue weighted by molar-refractivity contribution is 5.96. The average molecular weight is 419 g/mol. The molecule has 4 rings (SSSR count). The van der Waals surface area contributed by atoms with Crippen molar-refractivity contribution in [3.05, 3.63) is 59.4 Å². The van der Waals surface area contributed by atoms with E-state index in [1.165, 1.54) is 33.8 Å². The molecular weight excluding hydrogens is 403 g/mol. The zero-order valence-electron chi connectivity index (χ0n) is 15.5. The van der Waals surface area contributed by atoms with E-state index in [1.54, 1.807) is 12.1 Å². The van der Waals surface area contributed by atoms with Gasteiger partial charge >= 0.3 is 12.1 Å². The first-order valence-corrected chi connectivity index (χ1v) is 9.04.